The summed E-state index contributed by atoms with van der Waals surface area (Å²) in [5, 5.41) is 13.0. The highest BCUT2D eigenvalue weighted by Gasteiger charge is 2.24. The molecule has 56 heavy (non-hydrogen) atoms. The predicted octanol–water partition coefficient (Wildman–Crippen LogP) is 13.9. The van der Waals surface area contributed by atoms with Gasteiger partial charge in [-0.1, -0.05) is 148 Å². The van der Waals surface area contributed by atoms with Gasteiger partial charge in [0.2, 0.25) is 0 Å². The lowest BCUT2D eigenvalue weighted by molar-refractivity contribution is 0.884. The van der Waals surface area contributed by atoms with Gasteiger partial charge in [-0.15, -0.1) is 6.58 Å². The van der Waals surface area contributed by atoms with Crippen LogP contribution in [0.25, 0.3) is 49.6 Å². The summed E-state index contributed by atoms with van der Waals surface area (Å²) in [6.45, 7) is 13.5. The second-order valence-corrected chi connectivity index (χ2v) is 13.1. The van der Waals surface area contributed by atoms with Gasteiger partial charge in [0.25, 0.3) is 0 Å². The average molecular weight is 731 g/mol. The maximum Gasteiger partial charge on any atom is 0.0795 e. The fourth-order valence-electron chi connectivity index (χ4n) is 6.97. The Balaban J connectivity index is 0.00000102. The molecule has 3 N–H and O–H groups in total. The van der Waals surface area contributed by atoms with Crippen molar-refractivity contribution in [1.82, 2.24) is 4.68 Å². The third-order valence-corrected chi connectivity index (χ3v) is 9.59. The van der Waals surface area contributed by atoms with E-state index in [0.717, 1.165) is 73.0 Å². The van der Waals surface area contributed by atoms with E-state index >= 15 is 0 Å². The van der Waals surface area contributed by atoms with Crippen LogP contribution < -0.4 is 10.7 Å². The molecule has 1 aliphatic rings. The van der Waals surface area contributed by atoms with Crippen molar-refractivity contribution in [1.29, 1.82) is 5.41 Å². The molecule has 8 rings (SSSR count). The maximum atomic E-state index is 8.39. The number of fused-ring (bicyclic) bond motifs is 3. The highest BCUT2D eigenvalue weighted by atomic mass is 15.6. The summed E-state index contributed by atoms with van der Waals surface area (Å²) < 4.78 is 2.37. The molecular formula is C52H50N4. The molecule has 1 aromatic heterocycles. The van der Waals surface area contributed by atoms with E-state index in [-0.39, 0.29) is 0 Å². The molecule has 7 aromatic rings. The van der Waals surface area contributed by atoms with E-state index < -0.39 is 0 Å². The van der Waals surface area contributed by atoms with Crippen LogP contribution in [0.5, 0.6) is 0 Å². The fraction of sp³-hybridized carbons (Fsp3) is 0.0962. The molecule has 0 spiro atoms. The van der Waals surface area contributed by atoms with E-state index in [1.165, 1.54) is 11.1 Å². The van der Waals surface area contributed by atoms with Gasteiger partial charge >= 0.3 is 0 Å². The average Bonchev–Trinajstić information content (AvgIpc) is 3.38. The Morgan fingerprint density at radius 2 is 1.30 bits per heavy atom. The molecule has 0 aliphatic heterocycles. The Morgan fingerprint density at radius 1 is 0.714 bits per heavy atom. The Morgan fingerprint density at radius 3 is 1.91 bits per heavy atom. The molecular weight excluding hydrogens is 681 g/mol. The minimum Gasteiger partial charge on any atom is -0.326 e. The van der Waals surface area contributed by atoms with E-state index in [0.29, 0.717) is 12.3 Å². The summed E-state index contributed by atoms with van der Waals surface area (Å²) in [4.78, 5) is 0. The summed E-state index contributed by atoms with van der Waals surface area (Å²) in [5.74, 6) is 0. The first kappa shape index (κ1) is 39.0. The van der Waals surface area contributed by atoms with E-state index in [9.17, 15) is 0 Å². The fourth-order valence-corrected chi connectivity index (χ4v) is 6.97. The summed E-state index contributed by atoms with van der Waals surface area (Å²) in [7, 11) is 0. The maximum absolute atomic E-state index is 8.39. The Labute approximate surface area is 332 Å². The first-order chi connectivity index (χ1) is 27.5. The van der Waals surface area contributed by atoms with Gasteiger partial charge < -0.3 is 11.1 Å². The van der Waals surface area contributed by atoms with Crippen LogP contribution in [-0.2, 0) is 6.54 Å². The van der Waals surface area contributed by atoms with Crippen molar-refractivity contribution in [2.45, 2.75) is 33.7 Å². The number of hydrogen-bond acceptors (Lipinski definition) is 3. The highest BCUT2D eigenvalue weighted by Crippen LogP contribution is 2.43. The number of rotatable bonds is 9. The molecule has 6 aromatic carbocycles. The zero-order chi connectivity index (χ0) is 39.4. The summed E-state index contributed by atoms with van der Waals surface area (Å²) in [6.07, 6.45) is 15.3. The summed E-state index contributed by atoms with van der Waals surface area (Å²) in [6, 6.07) is 49.4. The molecule has 0 radical (unpaired) electrons. The van der Waals surface area contributed by atoms with Crippen LogP contribution in [0.3, 0.4) is 0 Å². The molecule has 0 saturated heterocycles. The number of benzene rings is 6. The molecule has 0 bridgehead atoms. The van der Waals surface area contributed by atoms with Gasteiger partial charge in [0.15, 0.2) is 0 Å². The standard InChI is InChI=1S/C47H38N4.C3H6.C2H6/c1-2-45(49)37-21-26-41(27-22-37)50(40-24-19-33(32-48)20-25-40)51-46-28-23-38(34-13-9-5-10-14-34)29-43(46)44-31-39(35-15-11-6-12-16-35)30-42(47(44)51)36-17-7-3-4-8-18-36;1-3-2;1-2/h2-3,5-31,49H,1,4,32,48H2;3H,1H2,2H3;1-2H3. The molecule has 0 atom stereocenters. The predicted molar refractivity (Wildman–Crippen MR) is 244 cm³/mol. The van der Waals surface area contributed by atoms with Crippen molar-refractivity contribution >= 4 is 44.5 Å². The molecule has 0 unspecified atom stereocenters. The van der Waals surface area contributed by atoms with Crippen LogP contribution in [0.1, 0.15) is 43.9 Å². The second kappa shape index (κ2) is 18.5. The number of aromatic nitrogens is 1. The first-order valence-electron chi connectivity index (χ1n) is 19.3. The lowest BCUT2D eigenvalue weighted by Gasteiger charge is -2.29. The van der Waals surface area contributed by atoms with Crippen LogP contribution in [0.2, 0.25) is 0 Å². The van der Waals surface area contributed by atoms with Crippen molar-refractivity contribution in [3.63, 3.8) is 0 Å². The van der Waals surface area contributed by atoms with Gasteiger partial charge in [-0.05, 0) is 107 Å². The lowest BCUT2D eigenvalue weighted by Crippen LogP contribution is -2.24. The zero-order valence-electron chi connectivity index (χ0n) is 32.6. The molecule has 278 valence electrons. The minimum atomic E-state index is 0.390. The van der Waals surface area contributed by atoms with E-state index in [2.05, 4.69) is 181 Å². The SMILES string of the molecule is C=CC.C=CC(=N)c1ccc(N(c2ccc(CN)cc2)n2c3ccc(-c4ccccc4)cc3c3cc(-c4ccccc4)cc(C4=CC=CCC=C4)c32)cc1.CC. The van der Waals surface area contributed by atoms with Gasteiger partial charge in [-0.2, -0.15) is 0 Å². The lowest BCUT2D eigenvalue weighted by atomic mass is 9.94. The number of anilines is 2. The summed E-state index contributed by atoms with van der Waals surface area (Å²) >= 11 is 0. The molecule has 4 nitrogen and oxygen atoms in total. The zero-order valence-corrected chi connectivity index (χ0v) is 32.6. The monoisotopic (exact) mass is 730 g/mol. The first-order valence-corrected chi connectivity index (χ1v) is 19.3. The van der Waals surface area contributed by atoms with Crippen LogP contribution >= 0.6 is 0 Å². The smallest absolute Gasteiger partial charge is 0.0795 e. The minimum absolute atomic E-state index is 0.390. The van der Waals surface area contributed by atoms with Gasteiger partial charge in [0.1, 0.15) is 0 Å². The van der Waals surface area contributed by atoms with E-state index in [4.69, 9.17) is 11.1 Å². The molecule has 4 heteroatoms. The largest absolute Gasteiger partial charge is 0.326 e. The van der Waals surface area contributed by atoms with Crippen LogP contribution in [-0.4, -0.2) is 10.4 Å². The van der Waals surface area contributed by atoms with Crippen molar-refractivity contribution in [3.05, 3.63) is 212 Å². The van der Waals surface area contributed by atoms with E-state index in [1.807, 2.05) is 32.9 Å². The second-order valence-electron chi connectivity index (χ2n) is 13.1. The van der Waals surface area contributed by atoms with Crippen LogP contribution in [0, 0.1) is 5.41 Å². The normalized spacial score (nSPS) is 11.8. The van der Waals surface area contributed by atoms with Gasteiger partial charge in [0.05, 0.1) is 28.1 Å². The van der Waals surface area contributed by atoms with Gasteiger partial charge in [-0.3, -0.25) is 0 Å². The quantitative estimate of drug-likeness (QED) is 0.115. The van der Waals surface area contributed by atoms with Crippen LogP contribution in [0.4, 0.5) is 11.4 Å². The Hall–Kier alpha value is -6.75. The van der Waals surface area contributed by atoms with E-state index in [1.54, 1.807) is 12.2 Å². The third kappa shape index (κ3) is 8.17. The van der Waals surface area contributed by atoms with Crippen LogP contribution in [0.15, 0.2) is 195 Å². The van der Waals surface area contributed by atoms with Gasteiger partial charge in [-0.25, -0.2) is 9.69 Å². The Bertz CT molecular complexity index is 2530. The van der Waals surface area contributed by atoms with Gasteiger partial charge in [0, 0.05) is 22.9 Å². The van der Waals surface area contributed by atoms with Crippen molar-refractivity contribution in [2.24, 2.45) is 5.73 Å². The van der Waals surface area contributed by atoms with Crippen molar-refractivity contribution in [3.8, 4) is 22.3 Å². The molecule has 1 aliphatic carbocycles. The topological polar surface area (TPSA) is 58.0 Å². The summed E-state index contributed by atoms with van der Waals surface area (Å²) in [5.41, 5.74) is 19.4. The molecule has 0 saturated carbocycles. The van der Waals surface area contributed by atoms with Crippen molar-refractivity contribution in [2.75, 3.05) is 5.01 Å². The number of hydrogen-bond donors (Lipinski definition) is 2. The number of nitrogens with zero attached hydrogens (tertiary/aromatic N) is 2. The molecule has 1 heterocycles. The van der Waals surface area contributed by atoms with Crippen molar-refractivity contribution < 1.29 is 0 Å². The molecule has 0 amide bonds. The number of nitrogens with two attached hydrogens (primary N) is 1. The Kier molecular flexibility index (Phi) is 12.9. The molecule has 0 fully saturated rings. The third-order valence-electron chi connectivity index (χ3n) is 9.59. The number of allylic oxidation sites excluding steroid dienone is 8. The highest BCUT2D eigenvalue weighted by molar-refractivity contribution is 6.15. The number of nitrogens with one attached hydrogen (secondary N) is 1.